The Labute approximate surface area is 236 Å². The first kappa shape index (κ1) is 29.1. The largest absolute Gasteiger partial charge is 0.453 e. The van der Waals surface area contributed by atoms with Crippen LogP contribution in [-0.4, -0.2) is 54.5 Å². The zero-order valence-electron chi connectivity index (χ0n) is 23.6. The van der Waals surface area contributed by atoms with Gasteiger partial charge in [-0.1, -0.05) is 74.5 Å². The van der Waals surface area contributed by atoms with Gasteiger partial charge in [0.15, 0.2) is 5.96 Å². The lowest BCUT2D eigenvalue weighted by Gasteiger charge is -2.31. The lowest BCUT2D eigenvalue weighted by atomic mass is 9.82. The van der Waals surface area contributed by atoms with E-state index in [2.05, 4.69) is 29.8 Å². The third-order valence-electron chi connectivity index (χ3n) is 7.69. The number of hydrogen-bond donors (Lipinski definition) is 4. The summed E-state index contributed by atoms with van der Waals surface area (Å²) in [5.74, 6) is 0.397. The fraction of sp³-hybridized carbons (Fsp3) is 0.484. The van der Waals surface area contributed by atoms with Crippen LogP contribution in [0, 0.1) is 17.2 Å². The average Bonchev–Trinajstić information content (AvgIpc) is 3.76. The Morgan fingerprint density at radius 2 is 1.75 bits per heavy atom. The van der Waals surface area contributed by atoms with Crippen LogP contribution in [0.3, 0.4) is 0 Å². The van der Waals surface area contributed by atoms with E-state index in [1.165, 1.54) is 7.11 Å². The van der Waals surface area contributed by atoms with Crippen molar-refractivity contribution in [2.24, 2.45) is 11.8 Å². The lowest BCUT2D eigenvalue weighted by Crippen LogP contribution is -2.48. The van der Waals surface area contributed by atoms with Gasteiger partial charge in [-0.25, -0.2) is 4.79 Å². The molecule has 40 heavy (non-hydrogen) atoms. The Morgan fingerprint density at radius 1 is 1.10 bits per heavy atom. The molecule has 2 aromatic carbocycles. The van der Waals surface area contributed by atoms with Gasteiger partial charge >= 0.3 is 6.09 Å². The van der Waals surface area contributed by atoms with Crippen LogP contribution in [-0.2, 0) is 26.3 Å². The molecule has 4 rings (SSSR count). The molecule has 1 saturated heterocycles. The van der Waals surface area contributed by atoms with Gasteiger partial charge in [0, 0.05) is 19.0 Å². The molecule has 1 aliphatic carbocycles. The summed E-state index contributed by atoms with van der Waals surface area (Å²) >= 11 is 0. The zero-order valence-corrected chi connectivity index (χ0v) is 23.6. The van der Waals surface area contributed by atoms with Gasteiger partial charge in [-0.2, -0.15) is 0 Å². The number of amides is 3. The number of nitrogens with zero attached hydrogens (tertiary/aromatic N) is 1. The van der Waals surface area contributed by atoms with Crippen LogP contribution in [0.4, 0.5) is 4.79 Å². The molecule has 9 nitrogen and oxygen atoms in total. The average molecular weight is 548 g/mol. The van der Waals surface area contributed by atoms with E-state index in [1.807, 2.05) is 60.7 Å². The number of ether oxygens (including phenoxy) is 1. The molecule has 3 atom stereocenters. The molecule has 0 bridgehead atoms. The molecule has 2 fully saturated rings. The van der Waals surface area contributed by atoms with E-state index in [4.69, 9.17) is 10.1 Å². The SMILES string of the molecule is COC(=O)N[C@@H](Cc1ccccc1)C(=O)NCCC[C@H](C1CC1)N1C(=N)N[C@](CC(C)C)(c2ccccc2)C1=O. The molecule has 0 aromatic heterocycles. The Bertz CT molecular complexity index is 1180. The maximum atomic E-state index is 14.1. The van der Waals surface area contributed by atoms with Gasteiger partial charge in [0.2, 0.25) is 5.91 Å². The Kier molecular flexibility index (Phi) is 9.45. The van der Waals surface area contributed by atoms with Crippen molar-refractivity contribution < 1.29 is 19.1 Å². The quantitative estimate of drug-likeness (QED) is 0.283. The summed E-state index contributed by atoms with van der Waals surface area (Å²) in [4.78, 5) is 40.6. The number of benzene rings is 2. The van der Waals surface area contributed by atoms with Crippen molar-refractivity contribution in [3.63, 3.8) is 0 Å². The number of rotatable bonds is 13. The normalized spacial score (nSPS) is 20.1. The molecule has 214 valence electrons. The second kappa shape index (κ2) is 13.0. The van der Waals surface area contributed by atoms with Gasteiger partial charge in [-0.05, 0) is 55.1 Å². The summed E-state index contributed by atoms with van der Waals surface area (Å²) in [5.41, 5.74) is 0.859. The summed E-state index contributed by atoms with van der Waals surface area (Å²) in [6, 6.07) is 18.3. The molecule has 0 spiro atoms. The van der Waals surface area contributed by atoms with E-state index in [-0.39, 0.29) is 29.7 Å². The molecular formula is C31H41N5O4. The van der Waals surface area contributed by atoms with Crippen molar-refractivity contribution in [1.82, 2.24) is 20.9 Å². The molecule has 2 aliphatic rings. The summed E-state index contributed by atoms with van der Waals surface area (Å²) < 4.78 is 4.72. The van der Waals surface area contributed by atoms with E-state index >= 15 is 0 Å². The topological polar surface area (TPSA) is 124 Å². The van der Waals surface area contributed by atoms with Crippen molar-refractivity contribution >= 4 is 23.9 Å². The van der Waals surface area contributed by atoms with Crippen molar-refractivity contribution in [3.8, 4) is 0 Å². The highest BCUT2D eigenvalue weighted by molar-refractivity contribution is 6.08. The molecule has 1 heterocycles. The number of carbonyl (C=O) groups excluding carboxylic acids is 3. The molecule has 4 N–H and O–H groups in total. The standard InChI is InChI=1S/C31H41N5O4/c1-21(2)20-31(24-13-8-5-9-14-24)28(38)36(29(32)35-31)26(23-16-17-23)15-10-18-33-27(37)25(34-30(39)40-3)19-22-11-6-4-7-12-22/h4-9,11-14,21,23,25-26H,10,15-20H2,1-3H3,(H2,32,35)(H,33,37)(H,34,39)/t25-,26+,31+/m0/s1. The third-order valence-corrected chi connectivity index (χ3v) is 7.69. The maximum absolute atomic E-state index is 14.1. The van der Waals surface area contributed by atoms with Crippen molar-refractivity contribution in [3.05, 3.63) is 71.8 Å². The number of guanidine groups is 1. The fourth-order valence-electron chi connectivity index (χ4n) is 5.69. The number of alkyl carbamates (subject to hydrolysis) is 1. The second-order valence-electron chi connectivity index (χ2n) is 11.2. The first-order valence-electron chi connectivity index (χ1n) is 14.2. The van der Waals surface area contributed by atoms with Crippen LogP contribution >= 0.6 is 0 Å². The van der Waals surface area contributed by atoms with Crippen LogP contribution in [0.15, 0.2) is 60.7 Å². The van der Waals surface area contributed by atoms with Gasteiger partial charge in [0.05, 0.1) is 7.11 Å². The minimum Gasteiger partial charge on any atom is -0.453 e. The molecule has 9 heteroatoms. The summed E-state index contributed by atoms with van der Waals surface area (Å²) in [6.07, 6.45) is 3.64. The highest BCUT2D eigenvalue weighted by Crippen LogP contribution is 2.42. The van der Waals surface area contributed by atoms with E-state index in [1.54, 1.807) is 4.90 Å². The molecule has 1 aliphatic heterocycles. The van der Waals surface area contributed by atoms with E-state index in [0.29, 0.717) is 38.1 Å². The predicted octanol–water partition coefficient (Wildman–Crippen LogP) is 3.94. The number of hydrogen-bond acceptors (Lipinski definition) is 5. The monoisotopic (exact) mass is 547 g/mol. The van der Waals surface area contributed by atoms with Gasteiger partial charge in [0.1, 0.15) is 11.6 Å². The molecule has 3 amide bonds. The van der Waals surface area contributed by atoms with Crippen molar-refractivity contribution in [2.75, 3.05) is 13.7 Å². The summed E-state index contributed by atoms with van der Waals surface area (Å²) in [7, 11) is 1.27. The smallest absolute Gasteiger partial charge is 0.407 e. The first-order valence-corrected chi connectivity index (χ1v) is 14.2. The van der Waals surface area contributed by atoms with Gasteiger partial charge < -0.3 is 20.7 Å². The molecule has 0 radical (unpaired) electrons. The van der Waals surface area contributed by atoms with E-state index in [9.17, 15) is 14.4 Å². The second-order valence-corrected chi connectivity index (χ2v) is 11.2. The minimum absolute atomic E-state index is 0.0662. The maximum Gasteiger partial charge on any atom is 0.407 e. The van der Waals surface area contributed by atoms with Gasteiger partial charge in [-0.15, -0.1) is 0 Å². The molecule has 1 saturated carbocycles. The minimum atomic E-state index is -0.946. The highest BCUT2D eigenvalue weighted by atomic mass is 16.5. The number of carbonyl (C=O) groups is 3. The van der Waals surface area contributed by atoms with Crippen LogP contribution in [0.1, 0.15) is 57.1 Å². The number of methoxy groups -OCH3 is 1. The van der Waals surface area contributed by atoms with Crippen molar-refractivity contribution in [1.29, 1.82) is 5.41 Å². The summed E-state index contributed by atoms with van der Waals surface area (Å²) in [5, 5.41) is 17.7. The van der Waals surface area contributed by atoms with Crippen LogP contribution in [0.5, 0.6) is 0 Å². The fourth-order valence-corrected chi connectivity index (χ4v) is 5.69. The molecule has 0 unspecified atom stereocenters. The Morgan fingerprint density at radius 3 is 2.35 bits per heavy atom. The zero-order chi connectivity index (χ0) is 28.7. The number of nitrogens with one attached hydrogen (secondary N) is 4. The van der Waals surface area contributed by atoms with Crippen LogP contribution in [0.2, 0.25) is 0 Å². The van der Waals surface area contributed by atoms with Crippen LogP contribution < -0.4 is 16.0 Å². The van der Waals surface area contributed by atoms with Crippen molar-refractivity contribution in [2.45, 2.75) is 70.0 Å². The van der Waals surface area contributed by atoms with Crippen LogP contribution in [0.25, 0.3) is 0 Å². The van der Waals surface area contributed by atoms with Gasteiger partial charge in [-0.3, -0.25) is 19.9 Å². The Hall–Kier alpha value is -3.88. The Balaban J connectivity index is 1.40. The highest BCUT2D eigenvalue weighted by Gasteiger charge is 2.54. The van der Waals surface area contributed by atoms with Gasteiger partial charge in [0.25, 0.3) is 5.91 Å². The van der Waals surface area contributed by atoms with E-state index in [0.717, 1.165) is 24.0 Å². The van der Waals surface area contributed by atoms with E-state index < -0.39 is 17.7 Å². The lowest BCUT2D eigenvalue weighted by molar-refractivity contribution is -0.134. The summed E-state index contributed by atoms with van der Waals surface area (Å²) in [6.45, 7) is 4.58. The predicted molar refractivity (Wildman–Crippen MR) is 154 cm³/mol. The molecular weight excluding hydrogens is 506 g/mol. The molecule has 2 aromatic rings. The third kappa shape index (κ3) is 6.81. The first-order chi connectivity index (χ1) is 19.2.